The molecule has 150 valence electrons. The molecule has 0 unspecified atom stereocenters. The lowest BCUT2D eigenvalue weighted by molar-refractivity contribution is -0.205. The number of esters is 2. The van der Waals surface area contributed by atoms with Crippen LogP contribution in [0.25, 0.3) is 0 Å². The van der Waals surface area contributed by atoms with Crippen molar-refractivity contribution in [1.29, 1.82) is 0 Å². The van der Waals surface area contributed by atoms with Crippen molar-refractivity contribution in [3.63, 3.8) is 0 Å². The average Bonchev–Trinajstić information content (AvgIpc) is 3.14. The van der Waals surface area contributed by atoms with E-state index in [1.54, 1.807) is 0 Å². The fraction of sp³-hybridized carbons (Fsp3) is 0.500. The molecule has 1 fully saturated rings. The average molecular weight is 393 g/mol. The third kappa shape index (κ3) is 4.34. The Kier molecular flexibility index (Phi) is 5.68. The Labute approximate surface area is 158 Å². The summed E-state index contributed by atoms with van der Waals surface area (Å²) in [6.07, 6.45) is 1.71. The largest absolute Gasteiger partial charge is 0.463 e. The Bertz CT molecular complexity index is 951. The van der Waals surface area contributed by atoms with Crippen LogP contribution in [-0.2, 0) is 23.8 Å². The van der Waals surface area contributed by atoms with E-state index in [-0.39, 0.29) is 13.0 Å². The van der Waals surface area contributed by atoms with Gasteiger partial charge in [0.05, 0.1) is 6.04 Å². The summed E-state index contributed by atoms with van der Waals surface area (Å²) in [4.78, 5) is 52.5. The van der Waals surface area contributed by atoms with E-state index in [0.717, 1.165) is 0 Å². The van der Waals surface area contributed by atoms with Crippen molar-refractivity contribution in [3.05, 3.63) is 45.8 Å². The molecule has 1 N–H and O–H groups in total. The van der Waals surface area contributed by atoms with E-state index in [9.17, 15) is 19.2 Å². The molecule has 2 aromatic rings. The molecule has 0 aliphatic carbocycles. The van der Waals surface area contributed by atoms with Gasteiger partial charge in [-0.2, -0.15) is 5.10 Å². The first kappa shape index (κ1) is 19.5. The van der Waals surface area contributed by atoms with Crippen molar-refractivity contribution in [3.8, 4) is 0 Å². The molecule has 12 heteroatoms. The maximum atomic E-state index is 12.2. The van der Waals surface area contributed by atoms with Gasteiger partial charge in [0, 0.05) is 32.5 Å². The number of hydrogen-bond acceptors (Lipinski definition) is 9. The van der Waals surface area contributed by atoms with Gasteiger partial charge in [0.25, 0.3) is 5.56 Å². The number of hydrogen-bond donors (Lipinski definition) is 1. The molecule has 0 spiro atoms. The van der Waals surface area contributed by atoms with E-state index in [0.29, 0.717) is 0 Å². The van der Waals surface area contributed by atoms with Crippen LogP contribution < -0.4 is 11.2 Å². The summed E-state index contributed by atoms with van der Waals surface area (Å²) in [6.45, 7) is 2.29. The van der Waals surface area contributed by atoms with E-state index >= 15 is 0 Å². The zero-order valence-corrected chi connectivity index (χ0v) is 15.2. The zero-order chi connectivity index (χ0) is 20.3. The summed E-state index contributed by atoms with van der Waals surface area (Å²) in [6, 6.07) is 0.638. The molecular weight excluding hydrogens is 374 g/mol. The molecule has 1 saturated heterocycles. The predicted molar refractivity (Wildman–Crippen MR) is 91.1 cm³/mol. The third-order valence-corrected chi connectivity index (χ3v) is 4.21. The van der Waals surface area contributed by atoms with Crippen molar-refractivity contribution in [2.45, 2.75) is 44.7 Å². The van der Waals surface area contributed by atoms with Crippen molar-refractivity contribution in [1.82, 2.24) is 24.3 Å². The zero-order valence-electron chi connectivity index (χ0n) is 15.2. The van der Waals surface area contributed by atoms with Gasteiger partial charge < -0.3 is 14.2 Å². The maximum absolute atomic E-state index is 12.2. The number of aromatic amines is 1. The van der Waals surface area contributed by atoms with Crippen LogP contribution in [0.2, 0.25) is 0 Å². The Morgan fingerprint density at radius 2 is 2.11 bits per heavy atom. The molecular formula is C16H19N5O7. The minimum Gasteiger partial charge on any atom is -0.463 e. The fourth-order valence-electron chi connectivity index (χ4n) is 3.08. The number of ether oxygens (including phenoxy) is 3. The highest BCUT2D eigenvalue weighted by Crippen LogP contribution is 2.35. The molecule has 12 nitrogen and oxygen atoms in total. The summed E-state index contributed by atoms with van der Waals surface area (Å²) in [5.74, 6) is -1.09. The molecule has 2 aromatic heterocycles. The summed E-state index contributed by atoms with van der Waals surface area (Å²) in [7, 11) is 0. The molecule has 0 aromatic carbocycles. The Balaban J connectivity index is 1.98. The van der Waals surface area contributed by atoms with E-state index in [2.05, 4.69) is 15.1 Å². The summed E-state index contributed by atoms with van der Waals surface area (Å²) in [5.41, 5.74) is -1.20. The van der Waals surface area contributed by atoms with Gasteiger partial charge in [0.2, 0.25) is 0 Å². The topological polar surface area (TPSA) is 147 Å². The minimum absolute atomic E-state index is 0.184. The van der Waals surface area contributed by atoms with E-state index < -0.39 is 47.7 Å². The van der Waals surface area contributed by atoms with Crippen molar-refractivity contribution >= 4 is 11.9 Å². The van der Waals surface area contributed by atoms with Crippen LogP contribution in [0.1, 0.15) is 32.5 Å². The first-order chi connectivity index (χ1) is 13.3. The van der Waals surface area contributed by atoms with Gasteiger partial charge in [0.15, 0.2) is 6.10 Å². The number of carbonyl (C=O) groups excluding carboxylic acids is 2. The molecule has 3 heterocycles. The van der Waals surface area contributed by atoms with E-state index in [1.165, 1.54) is 48.0 Å². The first-order valence-corrected chi connectivity index (χ1v) is 8.46. The summed E-state index contributed by atoms with van der Waals surface area (Å²) >= 11 is 0. The highest BCUT2D eigenvalue weighted by molar-refractivity contribution is 5.66. The molecule has 1 aliphatic rings. The quantitative estimate of drug-likeness (QED) is 0.641. The van der Waals surface area contributed by atoms with Gasteiger partial charge in [-0.3, -0.25) is 23.9 Å². The van der Waals surface area contributed by atoms with Crippen LogP contribution in [0.3, 0.4) is 0 Å². The van der Waals surface area contributed by atoms with Gasteiger partial charge in [-0.1, -0.05) is 0 Å². The molecule has 0 radical (unpaired) electrons. The van der Waals surface area contributed by atoms with Crippen molar-refractivity contribution < 1.29 is 23.8 Å². The standard InChI is InChI=1S/C16H19N5O7/c1-9(22)26-6-12-15(27-10(2)23)11(21-8-17-7-18-21)5-14(28-12)20-4-3-13(24)19-16(20)25/h3-4,7-8,11-12,14-15H,5-6H2,1-2H3,(H,19,24,25)/t11-,12+,14+,15-/m0/s1. The SMILES string of the molecule is CC(=O)OC[C@H]1O[C@@H](n2ccc(=O)[nH]c2=O)C[C@H](n2cncn2)[C@@H]1OC(C)=O. The lowest BCUT2D eigenvalue weighted by atomic mass is 9.97. The van der Waals surface area contributed by atoms with Crippen LogP contribution in [0, 0.1) is 0 Å². The van der Waals surface area contributed by atoms with Gasteiger partial charge in [0.1, 0.15) is 31.6 Å². The van der Waals surface area contributed by atoms with Crippen molar-refractivity contribution in [2.24, 2.45) is 0 Å². The second kappa shape index (κ2) is 8.17. The maximum Gasteiger partial charge on any atom is 0.330 e. The van der Waals surface area contributed by atoms with Crippen molar-refractivity contribution in [2.75, 3.05) is 6.61 Å². The predicted octanol–water partition coefficient (Wildman–Crippen LogP) is -0.848. The van der Waals surface area contributed by atoms with Gasteiger partial charge in [-0.05, 0) is 0 Å². The minimum atomic E-state index is -0.875. The second-order valence-electron chi connectivity index (χ2n) is 6.20. The highest BCUT2D eigenvalue weighted by atomic mass is 16.6. The Hall–Kier alpha value is -3.28. The molecule has 1 aliphatic heterocycles. The number of rotatable bonds is 5. The smallest absolute Gasteiger partial charge is 0.330 e. The molecule has 3 rings (SSSR count). The van der Waals surface area contributed by atoms with Crippen LogP contribution in [0.4, 0.5) is 0 Å². The van der Waals surface area contributed by atoms with Crippen LogP contribution in [0.15, 0.2) is 34.5 Å². The number of H-pyrrole nitrogens is 1. The van der Waals surface area contributed by atoms with Gasteiger partial charge in [-0.15, -0.1) is 0 Å². The monoisotopic (exact) mass is 393 g/mol. The summed E-state index contributed by atoms with van der Waals surface area (Å²) < 4.78 is 19.1. The van der Waals surface area contributed by atoms with E-state index in [1.807, 2.05) is 0 Å². The third-order valence-electron chi connectivity index (χ3n) is 4.21. The molecule has 0 amide bonds. The van der Waals surface area contributed by atoms with Crippen LogP contribution >= 0.6 is 0 Å². The molecule has 0 saturated carbocycles. The molecule has 28 heavy (non-hydrogen) atoms. The van der Waals surface area contributed by atoms with Crippen LogP contribution in [0.5, 0.6) is 0 Å². The highest BCUT2D eigenvalue weighted by Gasteiger charge is 2.44. The molecule has 4 atom stereocenters. The number of nitrogens with one attached hydrogen (secondary N) is 1. The van der Waals surface area contributed by atoms with E-state index in [4.69, 9.17) is 14.2 Å². The number of nitrogens with zero attached hydrogens (tertiary/aromatic N) is 4. The summed E-state index contributed by atoms with van der Waals surface area (Å²) in [5, 5.41) is 4.10. The normalized spacial score (nSPS) is 24.5. The van der Waals surface area contributed by atoms with Gasteiger partial charge >= 0.3 is 17.6 Å². The Morgan fingerprint density at radius 3 is 2.71 bits per heavy atom. The fourth-order valence-corrected chi connectivity index (χ4v) is 3.08. The Morgan fingerprint density at radius 1 is 1.32 bits per heavy atom. The molecule has 0 bridgehead atoms. The first-order valence-electron chi connectivity index (χ1n) is 8.46. The lowest BCUT2D eigenvalue weighted by Crippen LogP contribution is -2.50. The van der Waals surface area contributed by atoms with Crippen LogP contribution in [-0.4, -0.2) is 55.1 Å². The number of carbonyl (C=O) groups is 2. The second-order valence-corrected chi connectivity index (χ2v) is 6.20. The number of aromatic nitrogens is 5. The van der Waals surface area contributed by atoms with Gasteiger partial charge in [-0.25, -0.2) is 14.5 Å². The lowest BCUT2D eigenvalue weighted by Gasteiger charge is -2.40.